The van der Waals surface area contributed by atoms with Crippen molar-refractivity contribution in [3.8, 4) is 0 Å². The fourth-order valence-corrected chi connectivity index (χ4v) is 4.59. The summed E-state index contributed by atoms with van der Waals surface area (Å²) in [4.78, 5) is 23.3. The van der Waals surface area contributed by atoms with Crippen LogP contribution in [0.25, 0.3) is 0 Å². The van der Waals surface area contributed by atoms with Crippen molar-refractivity contribution >= 4 is 22.5 Å². The third kappa shape index (κ3) is 4.51. The zero-order valence-electron chi connectivity index (χ0n) is 16.1. The molecule has 1 saturated heterocycles. The number of rotatable bonds is 7. The molecule has 1 heterocycles. The van der Waals surface area contributed by atoms with Crippen molar-refractivity contribution in [1.82, 2.24) is 10.6 Å². The Morgan fingerprint density at radius 3 is 2.60 bits per heavy atom. The van der Waals surface area contributed by atoms with Crippen molar-refractivity contribution in [3.05, 3.63) is 71.3 Å². The van der Waals surface area contributed by atoms with E-state index in [1.165, 1.54) is 13.2 Å². The smallest absolute Gasteiger partial charge is 0.407 e. The molecule has 3 unspecified atom stereocenters. The number of benzene rings is 2. The first kappa shape index (κ1) is 21.9. The van der Waals surface area contributed by atoms with Crippen molar-refractivity contribution in [2.45, 2.75) is 23.6 Å². The van der Waals surface area contributed by atoms with E-state index in [-0.39, 0.29) is 18.7 Å². The summed E-state index contributed by atoms with van der Waals surface area (Å²) in [5, 5.41) is 3.94. The van der Waals surface area contributed by atoms with Gasteiger partial charge in [0.05, 0.1) is 13.2 Å². The van der Waals surface area contributed by atoms with Crippen molar-refractivity contribution < 1.29 is 32.0 Å². The molecule has 3 atom stereocenters. The Bertz CT molecular complexity index is 1010. The minimum Gasteiger partial charge on any atom is -0.453 e. The number of nitrogens with one attached hydrogen (secondary N) is 2. The second-order valence-electron chi connectivity index (χ2n) is 6.74. The maximum absolute atomic E-state index is 12.3. The summed E-state index contributed by atoms with van der Waals surface area (Å²) in [5.41, 5.74) is -0.318. The molecular weight excluding hydrogens is 412 g/mol. The lowest BCUT2D eigenvalue weighted by Crippen LogP contribution is -2.39. The van der Waals surface area contributed by atoms with Gasteiger partial charge in [-0.15, -0.1) is 0 Å². The van der Waals surface area contributed by atoms with Gasteiger partial charge in [-0.1, -0.05) is 54.6 Å². The summed E-state index contributed by atoms with van der Waals surface area (Å²) in [6, 6.07) is 15.0. The topological polar surface area (TPSA) is 131 Å². The maximum Gasteiger partial charge on any atom is 0.407 e. The number of methoxy groups -OCH3 is 1. The molecule has 1 amide bonds. The summed E-state index contributed by atoms with van der Waals surface area (Å²) in [5.74, 6) is 0. The average Bonchev–Trinajstić information content (AvgIpc) is 3.17. The van der Waals surface area contributed by atoms with Gasteiger partial charge in [0.2, 0.25) is 5.72 Å². The number of aldehydes is 1. The van der Waals surface area contributed by atoms with Gasteiger partial charge in [0.1, 0.15) is 5.25 Å². The molecule has 1 aliphatic heterocycles. The maximum atomic E-state index is 12.3. The number of ether oxygens (including phenoxy) is 2. The fraction of sp³-hybridized carbons (Fsp3) is 0.300. The molecule has 0 bridgehead atoms. The summed E-state index contributed by atoms with van der Waals surface area (Å²) in [7, 11) is -3.42. The Morgan fingerprint density at radius 1 is 1.30 bits per heavy atom. The van der Waals surface area contributed by atoms with Crippen LogP contribution in [0.5, 0.6) is 0 Å². The third-order valence-corrected chi connectivity index (χ3v) is 6.10. The van der Waals surface area contributed by atoms with Crippen LogP contribution in [0.1, 0.15) is 21.9 Å². The molecule has 2 aromatic carbocycles. The molecule has 0 saturated carbocycles. The molecular formula is C20H22N2O7S. The second kappa shape index (κ2) is 8.92. The first-order valence-corrected chi connectivity index (χ1v) is 10.6. The van der Waals surface area contributed by atoms with Gasteiger partial charge in [0, 0.05) is 18.7 Å². The lowest BCUT2D eigenvalue weighted by atomic mass is 10.0. The van der Waals surface area contributed by atoms with Gasteiger partial charge in [0.25, 0.3) is 10.1 Å². The van der Waals surface area contributed by atoms with Gasteiger partial charge in [-0.2, -0.15) is 8.42 Å². The van der Waals surface area contributed by atoms with Crippen LogP contribution < -0.4 is 10.6 Å². The van der Waals surface area contributed by atoms with E-state index >= 15 is 0 Å². The number of carbonyl (C=O) groups excluding carboxylic acids is 2. The standard InChI is InChI=1S/C20H22N2O7S/c1-28-19(24)21-11-14-7-5-6-10-16(14)18(30(25,26)27)17-12-22-20(13-23,29-17)15-8-3-2-4-9-15/h2-10,13,17-18,22H,11-12H2,1H3,(H,21,24)(H,25,26,27). The van der Waals surface area contributed by atoms with Crippen molar-refractivity contribution in [3.63, 3.8) is 0 Å². The number of carbonyl (C=O) groups is 2. The minimum atomic E-state index is -4.63. The molecule has 1 fully saturated rings. The van der Waals surface area contributed by atoms with Crippen LogP contribution in [0.2, 0.25) is 0 Å². The number of hydrogen-bond acceptors (Lipinski definition) is 7. The first-order valence-electron chi connectivity index (χ1n) is 9.11. The molecule has 0 aromatic heterocycles. The molecule has 9 nitrogen and oxygen atoms in total. The third-order valence-electron chi connectivity index (χ3n) is 4.90. The van der Waals surface area contributed by atoms with Crippen LogP contribution in [-0.2, 0) is 36.7 Å². The lowest BCUT2D eigenvalue weighted by Gasteiger charge is -2.27. The quantitative estimate of drug-likeness (QED) is 0.442. The van der Waals surface area contributed by atoms with Gasteiger partial charge >= 0.3 is 6.09 Å². The van der Waals surface area contributed by atoms with Gasteiger partial charge < -0.3 is 14.8 Å². The number of amides is 1. The zero-order chi connectivity index (χ0) is 21.8. The molecule has 10 heteroatoms. The Hall–Kier alpha value is -2.79. The molecule has 0 spiro atoms. The predicted octanol–water partition coefficient (Wildman–Crippen LogP) is 1.51. The predicted molar refractivity (Wildman–Crippen MR) is 107 cm³/mol. The van der Waals surface area contributed by atoms with Crippen LogP contribution in [0.15, 0.2) is 54.6 Å². The first-order chi connectivity index (χ1) is 14.3. The van der Waals surface area contributed by atoms with Gasteiger partial charge in [-0.3, -0.25) is 14.7 Å². The molecule has 1 aliphatic rings. The summed E-state index contributed by atoms with van der Waals surface area (Å²) in [6.07, 6.45) is -1.19. The Kier molecular flexibility index (Phi) is 6.52. The molecule has 160 valence electrons. The fourth-order valence-electron chi connectivity index (χ4n) is 3.50. The van der Waals surface area contributed by atoms with E-state index in [0.29, 0.717) is 17.4 Å². The molecule has 0 aliphatic carbocycles. The van der Waals surface area contributed by atoms with E-state index in [4.69, 9.17) is 4.74 Å². The van der Waals surface area contributed by atoms with E-state index in [9.17, 15) is 22.6 Å². The van der Waals surface area contributed by atoms with E-state index in [1.54, 1.807) is 48.5 Å². The monoisotopic (exact) mass is 434 g/mol. The van der Waals surface area contributed by atoms with Crippen LogP contribution in [0, 0.1) is 0 Å². The molecule has 30 heavy (non-hydrogen) atoms. The summed E-state index contributed by atoms with van der Waals surface area (Å²) >= 11 is 0. The highest BCUT2D eigenvalue weighted by Crippen LogP contribution is 2.37. The zero-order valence-corrected chi connectivity index (χ0v) is 17.0. The van der Waals surface area contributed by atoms with Crippen LogP contribution in [0.4, 0.5) is 4.79 Å². The van der Waals surface area contributed by atoms with E-state index in [0.717, 1.165) is 0 Å². The van der Waals surface area contributed by atoms with Gasteiger partial charge in [-0.05, 0) is 11.1 Å². The molecule has 3 N–H and O–H groups in total. The summed E-state index contributed by atoms with van der Waals surface area (Å²) in [6.45, 7) is -0.0244. The van der Waals surface area contributed by atoms with E-state index < -0.39 is 33.3 Å². The van der Waals surface area contributed by atoms with E-state index in [2.05, 4.69) is 15.4 Å². The van der Waals surface area contributed by atoms with Crippen LogP contribution >= 0.6 is 0 Å². The minimum absolute atomic E-state index is 0.00312. The van der Waals surface area contributed by atoms with Crippen molar-refractivity contribution in [2.75, 3.05) is 13.7 Å². The van der Waals surface area contributed by atoms with Crippen molar-refractivity contribution in [1.29, 1.82) is 0 Å². The Labute approximate surface area is 174 Å². The Balaban J connectivity index is 1.96. The van der Waals surface area contributed by atoms with Crippen LogP contribution in [0.3, 0.4) is 0 Å². The highest BCUT2D eigenvalue weighted by atomic mass is 32.2. The Morgan fingerprint density at radius 2 is 1.97 bits per heavy atom. The highest BCUT2D eigenvalue weighted by molar-refractivity contribution is 7.86. The normalized spacial score (nSPS) is 22.3. The largest absolute Gasteiger partial charge is 0.453 e. The molecule has 2 aromatic rings. The number of alkyl carbamates (subject to hydrolysis) is 1. The average molecular weight is 434 g/mol. The summed E-state index contributed by atoms with van der Waals surface area (Å²) < 4.78 is 45.2. The number of hydrogen-bond donors (Lipinski definition) is 3. The molecule has 3 rings (SSSR count). The second-order valence-corrected chi connectivity index (χ2v) is 8.27. The van der Waals surface area contributed by atoms with E-state index in [1.807, 2.05) is 0 Å². The van der Waals surface area contributed by atoms with Gasteiger partial charge in [-0.25, -0.2) is 4.79 Å². The van der Waals surface area contributed by atoms with Gasteiger partial charge in [0.15, 0.2) is 6.29 Å². The lowest BCUT2D eigenvalue weighted by molar-refractivity contribution is -0.133. The van der Waals surface area contributed by atoms with Crippen LogP contribution in [-0.4, -0.2) is 45.1 Å². The SMILES string of the molecule is COC(=O)NCc1ccccc1C(C1CNC(C=O)(c2ccccc2)O1)S(=O)(=O)O. The van der Waals surface area contributed by atoms with Crippen molar-refractivity contribution in [2.24, 2.45) is 0 Å². The molecule has 0 radical (unpaired) electrons. The highest BCUT2D eigenvalue weighted by Gasteiger charge is 2.48.